The van der Waals surface area contributed by atoms with Crippen LogP contribution in [0.4, 0.5) is 5.69 Å². The fourth-order valence-electron chi connectivity index (χ4n) is 1.89. The van der Waals surface area contributed by atoms with Gasteiger partial charge in [0.2, 0.25) is 5.91 Å². The lowest BCUT2D eigenvalue weighted by Gasteiger charge is -2.16. The van der Waals surface area contributed by atoms with Crippen molar-refractivity contribution in [2.24, 2.45) is 0 Å². The van der Waals surface area contributed by atoms with Gasteiger partial charge in [0.25, 0.3) is 0 Å². The van der Waals surface area contributed by atoms with Crippen molar-refractivity contribution >= 4 is 27.5 Å². The summed E-state index contributed by atoms with van der Waals surface area (Å²) in [5.41, 5.74) is 2.05. The molecular formula is C12H14BrNO2. The van der Waals surface area contributed by atoms with Gasteiger partial charge in [-0.15, -0.1) is 0 Å². The first kappa shape index (κ1) is 11.6. The van der Waals surface area contributed by atoms with E-state index in [0.717, 1.165) is 17.8 Å². The smallest absolute Gasteiger partial charge is 0.228 e. The first-order valence-electron chi connectivity index (χ1n) is 5.23. The SMILES string of the molecule is COCc1cccc(N2CC(Br)CC2=O)c1. The van der Waals surface area contributed by atoms with Gasteiger partial charge in [-0.3, -0.25) is 4.79 Å². The highest BCUT2D eigenvalue weighted by atomic mass is 79.9. The predicted molar refractivity (Wildman–Crippen MR) is 66.8 cm³/mol. The highest BCUT2D eigenvalue weighted by Crippen LogP contribution is 2.25. The highest BCUT2D eigenvalue weighted by molar-refractivity contribution is 9.09. The molecule has 1 aliphatic heterocycles. The molecule has 0 N–H and O–H groups in total. The van der Waals surface area contributed by atoms with E-state index in [2.05, 4.69) is 15.9 Å². The van der Waals surface area contributed by atoms with Gasteiger partial charge in [0, 0.05) is 30.6 Å². The standard InChI is InChI=1S/C12H14BrNO2/c1-16-8-9-3-2-4-11(5-9)14-7-10(13)6-12(14)15/h2-5,10H,6-8H2,1H3. The zero-order chi connectivity index (χ0) is 11.5. The van der Waals surface area contributed by atoms with E-state index in [0.29, 0.717) is 13.0 Å². The summed E-state index contributed by atoms with van der Waals surface area (Å²) in [4.78, 5) is 13.8. The van der Waals surface area contributed by atoms with Crippen molar-refractivity contribution in [1.29, 1.82) is 0 Å². The lowest BCUT2D eigenvalue weighted by molar-refractivity contribution is -0.117. The second-order valence-corrected chi connectivity index (χ2v) is 5.20. The molecule has 1 atom stereocenters. The van der Waals surface area contributed by atoms with Crippen LogP contribution in [0.5, 0.6) is 0 Å². The Labute approximate surface area is 104 Å². The van der Waals surface area contributed by atoms with Crippen LogP contribution in [0, 0.1) is 0 Å². The number of benzene rings is 1. The monoisotopic (exact) mass is 283 g/mol. The molecule has 1 saturated heterocycles. The van der Waals surface area contributed by atoms with Gasteiger partial charge in [-0.2, -0.15) is 0 Å². The molecule has 4 heteroatoms. The molecule has 1 aromatic rings. The number of hydrogen-bond acceptors (Lipinski definition) is 2. The number of carbonyl (C=O) groups is 1. The van der Waals surface area contributed by atoms with Crippen molar-refractivity contribution in [2.45, 2.75) is 17.9 Å². The average molecular weight is 284 g/mol. The minimum atomic E-state index is 0.177. The van der Waals surface area contributed by atoms with Crippen LogP contribution in [0.2, 0.25) is 0 Å². The number of alkyl halides is 1. The summed E-state index contributed by atoms with van der Waals surface area (Å²) in [7, 11) is 1.67. The maximum atomic E-state index is 11.7. The van der Waals surface area contributed by atoms with Crippen LogP contribution in [0.25, 0.3) is 0 Å². The van der Waals surface area contributed by atoms with Crippen LogP contribution in [0.1, 0.15) is 12.0 Å². The summed E-state index contributed by atoms with van der Waals surface area (Å²) < 4.78 is 5.08. The molecule has 3 nitrogen and oxygen atoms in total. The number of halogens is 1. The topological polar surface area (TPSA) is 29.5 Å². The molecule has 0 spiro atoms. The van der Waals surface area contributed by atoms with E-state index in [1.54, 1.807) is 7.11 Å². The van der Waals surface area contributed by atoms with Crippen molar-refractivity contribution < 1.29 is 9.53 Å². The van der Waals surface area contributed by atoms with Gasteiger partial charge in [0.1, 0.15) is 0 Å². The molecule has 0 radical (unpaired) electrons. The largest absolute Gasteiger partial charge is 0.380 e. The third-order valence-electron chi connectivity index (χ3n) is 2.61. The molecule has 86 valence electrons. The van der Waals surface area contributed by atoms with Gasteiger partial charge >= 0.3 is 0 Å². The van der Waals surface area contributed by atoms with E-state index in [1.807, 2.05) is 29.2 Å². The van der Waals surface area contributed by atoms with Gasteiger partial charge in [0.15, 0.2) is 0 Å². The first-order chi connectivity index (χ1) is 7.70. The van der Waals surface area contributed by atoms with Crippen molar-refractivity contribution in [3.05, 3.63) is 29.8 Å². The maximum Gasteiger partial charge on any atom is 0.228 e. The van der Waals surface area contributed by atoms with Gasteiger partial charge in [0.05, 0.1) is 6.61 Å². The molecule has 16 heavy (non-hydrogen) atoms. The molecule has 0 bridgehead atoms. The van der Waals surface area contributed by atoms with Crippen LogP contribution in [0.15, 0.2) is 24.3 Å². The highest BCUT2D eigenvalue weighted by Gasteiger charge is 2.28. The second-order valence-electron chi connectivity index (χ2n) is 3.91. The third kappa shape index (κ3) is 2.44. The molecule has 0 aromatic heterocycles. The molecule has 0 saturated carbocycles. The quantitative estimate of drug-likeness (QED) is 0.797. The minimum Gasteiger partial charge on any atom is -0.380 e. The number of methoxy groups -OCH3 is 1. The molecule has 1 fully saturated rings. The molecule has 2 rings (SSSR count). The van der Waals surface area contributed by atoms with Gasteiger partial charge < -0.3 is 9.64 Å². The van der Waals surface area contributed by atoms with E-state index in [1.165, 1.54) is 0 Å². The summed E-state index contributed by atoms with van der Waals surface area (Å²) in [6, 6.07) is 7.92. The van der Waals surface area contributed by atoms with Crippen molar-refractivity contribution in [3.63, 3.8) is 0 Å². The van der Waals surface area contributed by atoms with E-state index < -0.39 is 0 Å². The minimum absolute atomic E-state index is 0.177. The summed E-state index contributed by atoms with van der Waals surface area (Å²) >= 11 is 3.48. The van der Waals surface area contributed by atoms with Gasteiger partial charge in [-0.25, -0.2) is 0 Å². The first-order valence-corrected chi connectivity index (χ1v) is 6.14. The van der Waals surface area contributed by atoms with E-state index in [4.69, 9.17) is 4.74 Å². The Morgan fingerprint density at radius 1 is 1.56 bits per heavy atom. The Morgan fingerprint density at radius 3 is 3.00 bits per heavy atom. The van der Waals surface area contributed by atoms with Crippen LogP contribution < -0.4 is 4.90 Å². The van der Waals surface area contributed by atoms with Crippen LogP contribution >= 0.6 is 15.9 Å². The third-order valence-corrected chi connectivity index (χ3v) is 3.22. The number of amides is 1. The number of hydrogen-bond donors (Lipinski definition) is 0. The molecule has 0 aliphatic carbocycles. The van der Waals surface area contributed by atoms with Gasteiger partial charge in [-0.05, 0) is 17.7 Å². The zero-order valence-electron chi connectivity index (χ0n) is 9.15. The summed E-state index contributed by atoms with van der Waals surface area (Å²) in [5, 5.41) is 0. The lowest BCUT2D eigenvalue weighted by Crippen LogP contribution is -2.24. The lowest BCUT2D eigenvalue weighted by atomic mass is 10.2. The van der Waals surface area contributed by atoms with Gasteiger partial charge in [-0.1, -0.05) is 28.1 Å². The molecule has 1 amide bonds. The number of ether oxygens (including phenoxy) is 1. The molecule has 1 aliphatic rings. The Balaban J connectivity index is 2.20. The zero-order valence-corrected chi connectivity index (χ0v) is 10.7. The van der Waals surface area contributed by atoms with Crippen molar-refractivity contribution in [2.75, 3.05) is 18.6 Å². The molecular weight excluding hydrogens is 270 g/mol. The molecule has 1 unspecified atom stereocenters. The Hall–Kier alpha value is -0.870. The van der Waals surface area contributed by atoms with Crippen molar-refractivity contribution in [3.8, 4) is 0 Å². The fourth-order valence-corrected chi connectivity index (χ4v) is 2.46. The molecule has 1 aromatic carbocycles. The summed E-state index contributed by atoms with van der Waals surface area (Å²) in [6.07, 6.45) is 0.578. The Bertz CT molecular complexity index is 394. The number of anilines is 1. The summed E-state index contributed by atoms with van der Waals surface area (Å²) in [5.74, 6) is 0.177. The van der Waals surface area contributed by atoms with Crippen LogP contribution in [-0.4, -0.2) is 24.4 Å². The number of carbonyl (C=O) groups excluding carboxylic acids is 1. The maximum absolute atomic E-state index is 11.7. The predicted octanol–water partition coefficient (Wildman–Crippen LogP) is 2.33. The number of nitrogens with zero attached hydrogens (tertiary/aromatic N) is 1. The van der Waals surface area contributed by atoms with E-state index in [9.17, 15) is 4.79 Å². The Morgan fingerprint density at radius 2 is 2.38 bits per heavy atom. The summed E-state index contributed by atoms with van der Waals surface area (Å²) in [6.45, 7) is 1.32. The average Bonchev–Trinajstić information content (AvgIpc) is 2.59. The fraction of sp³-hybridized carbons (Fsp3) is 0.417. The van der Waals surface area contributed by atoms with E-state index in [-0.39, 0.29) is 10.7 Å². The second kappa shape index (κ2) is 4.97. The molecule has 1 heterocycles. The van der Waals surface area contributed by atoms with E-state index >= 15 is 0 Å². The number of rotatable bonds is 3. The van der Waals surface area contributed by atoms with Crippen molar-refractivity contribution in [1.82, 2.24) is 0 Å². The Kier molecular flexibility index (Phi) is 3.61. The normalized spacial score (nSPS) is 20.5. The van der Waals surface area contributed by atoms with Crippen LogP contribution in [0.3, 0.4) is 0 Å². The van der Waals surface area contributed by atoms with Crippen LogP contribution in [-0.2, 0) is 16.1 Å².